The van der Waals surface area contributed by atoms with Gasteiger partial charge in [0.25, 0.3) is 0 Å². The Bertz CT molecular complexity index is 414. The lowest BCUT2D eigenvalue weighted by molar-refractivity contribution is 0.764. The number of thioether (sulfide) groups is 1. The van der Waals surface area contributed by atoms with E-state index in [1.807, 2.05) is 11.8 Å². The van der Waals surface area contributed by atoms with Crippen LogP contribution in [0.1, 0.15) is 48.4 Å². The minimum Gasteiger partial charge on any atom is -0.383 e. The molecule has 1 aromatic rings. The number of aromatic nitrogens is 2. The Balaban J connectivity index is 1.98. The first-order valence-corrected chi connectivity index (χ1v) is 7.83. The molecule has 1 atom stereocenters. The van der Waals surface area contributed by atoms with Crippen LogP contribution < -0.4 is 5.73 Å². The highest BCUT2D eigenvalue weighted by Gasteiger charge is 2.30. The summed E-state index contributed by atoms with van der Waals surface area (Å²) in [4.78, 5) is 9.22. The lowest BCUT2D eigenvalue weighted by Gasteiger charge is -2.11. The van der Waals surface area contributed by atoms with Crippen molar-refractivity contribution < 1.29 is 0 Å². The van der Waals surface area contributed by atoms with Crippen molar-refractivity contribution in [3.63, 3.8) is 0 Å². The predicted molar refractivity (Wildman–Crippen MR) is 75.6 cm³/mol. The molecule has 1 saturated heterocycles. The summed E-state index contributed by atoms with van der Waals surface area (Å²) < 4.78 is 1.08. The van der Waals surface area contributed by atoms with Crippen LogP contribution in [0.15, 0.2) is 0 Å². The smallest absolute Gasteiger partial charge is 0.144 e. The summed E-state index contributed by atoms with van der Waals surface area (Å²) in [6, 6.07) is 0. The van der Waals surface area contributed by atoms with Gasteiger partial charge in [-0.3, -0.25) is 0 Å². The molecule has 0 bridgehead atoms. The van der Waals surface area contributed by atoms with Crippen molar-refractivity contribution in [2.24, 2.45) is 0 Å². The second-order valence-electron chi connectivity index (χ2n) is 4.44. The van der Waals surface area contributed by atoms with Gasteiger partial charge in [0, 0.05) is 5.92 Å². The fourth-order valence-corrected chi connectivity index (χ4v) is 3.94. The Labute approximate surface area is 113 Å². The van der Waals surface area contributed by atoms with Gasteiger partial charge in [-0.2, -0.15) is 11.8 Å². The lowest BCUT2D eigenvalue weighted by atomic mass is 10.2. The standard InChI is InChI=1S/C11H14IN3S/c12-8-9(6-3-4-6)14-11(15-10(8)13)7-2-1-5-16-7/h6-7H,1-5H2,(H2,13,14,15). The van der Waals surface area contributed by atoms with Gasteiger partial charge in [0.1, 0.15) is 11.6 Å². The van der Waals surface area contributed by atoms with E-state index in [1.165, 1.54) is 37.1 Å². The zero-order valence-electron chi connectivity index (χ0n) is 8.95. The van der Waals surface area contributed by atoms with E-state index in [4.69, 9.17) is 10.7 Å². The van der Waals surface area contributed by atoms with Crippen LogP contribution in [0.3, 0.4) is 0 Å². The number of hydrogen-bond acceptors (Lipinski definition) is 4. The zero-order valence-corrected chi connectivity index (χ0v) is 11.9. The van der Waals surface area contributed by atoms with Crippen molar-refractivity contribution >= 4 is 40.2 Å². The van der Waals surface area contributed by atoms with Crippen LogP contribution in [-0.4, -0.2) is 15.7 Å². The highest BCUT2D eigenvalue weighted by molar-refractivity contribution is 14.1. The molecule has 0 amide bonds. The molecule has 2 fully saturated rings. The van der Waals surface area contributed by atoms with Gasteiger partial charge in [0.15, 0.2) is 0 Å². The molecular formula is C11H14IN3S. The van der Waals surface area contributed by atoms with Gasteiger partial charge in [0.2, 0.25) is 0 Å². The summed E-state index contributed by atoms with van der Waals surface area (Å²) in [6.45, 7) is 0. The lowest BCUT2D eigenvalue weighted by Crippen LogP contribution is -2.08. The first kappa shape index (κ1) is 11.1. The molecule has 0 spiro atoms. The molecule has 0 aromatic carbocycles. The van der Waals surface area contributed by atoms with Crippen LogP contribution in [-0.2, 0) is 0 Å². The average molecular weight is 347 g/mol. The van der Waals surface area contributed by atoms with Crippen molar-refractivity contribution in [1.29, 1.82) is 0 Å². The Morgan fingerprint density at radius 2 is 2.06 bits per heavy atom. The largest absolute Gasteiger partial charge is 0.383 e. The maximum absolute atomic E-state index is 5.99. The fraction of sp³-hybridized carbons (Fsp3) is 0.636. The molecule has 16 heavy (non-hydrogen) atoms. The number of hydrogen-bond donors (Lipinski definition) is 1. The third-order valence-corrected chi connectivity index (χ3v) is 5.58. The van der Waals surface area contributed by atoms with E-state index >= 15 is 0 Å². The fourth-order valence-electron chi connectivity index (χ4n) is 2.05. The van der Waals surface area contributed by atoms with Gasteiger partial charge in [-0.1, -0.05) is 0 Å². The van der Waals surface area contributed by atoms with E-state index in [1.54, 1.807) is 0 Å². The highest BCUT2D eigenvalue weighted by Crippen LogP contribution is 2.44. The third-order valence-electron chi connectivity index (χ3n) is 3.10. The normalized spacial score (nSPS) is 24.9. The topological polar surface area (TPSA) is 51.8 Å². The molecule has 2 N–H and O–H groups in total. The van der Waals surface area contributed by atoms with Crippen molar-refractivity contribution in [3.05, 3.63) is 15.1 Å². The van der Waals surface area contributed by atoms with Crippen molar-refractivity contribution in [3.8, 4) is 0 Å². The van der Waals surface area contributed by atoms with Crippen LogP contribution in [0.2, 0.25) is 0 Å². The molecule has 1 aromatic heterocycles. The summed E-state index contributed by atoms with van der Waals surface area (Å²) >= 11 is 4.25. The molecular weight excluding hydrogens is 333 g/mol. The highest BCUT2D eigenvalue weighted by atomic mass is 127. The quantitative estimate of drug-likeness (QED) is 0.836. The molecule has 1 unspecified atom stereocenters. The van der Waals surface area contributed by atoms with Crippen LogP contribution in [0.25, 0.3) is 0 Å². The first-order chi connectivity index (χ1) is 7.75. The number of anilines is 1. The summed E-state index contributed by atoms with van der Waals surface area (Å²) in [5.74, 6) is 3.54. The molecule has 2 heterocycles. The molecule has 1 aliphatic heterocycles. The minimum absolute atomic E-state index is 0.483. The molecule has 3 rings (SSSR count). The number of nitrogens with two attached hydrogens (primary N) is 1. The monoisotopic (exact) mass is 347 g/mol. The van der Waals surface area contributed by atoms with E-state index in [2.05, 4.69) is 27.6 Å². The minimum atomic E-state index is 0.483. The Kier molecular flexibility index (Phi) is 2.99. The van der Waals surface area contributed by atoms with Gasteiger partial charge < -0.3 is 5.73 Å². The van der Waals surface area contributed by atoms with Gasteiger partial charge in [-0.05, 0) is 54.0 Å². The number of nitrogens with zero attached hydrogens (tertiary/aromatic N) is 2. The van der Waals surface area contributed by atoms with E-state index in [0.717, 1.165) is 9.39 Å². The van der Waals surface area contributed by atoms with Crippen LogP contribution >= 0.6 is 34.4 Å². The molecule has 2 aliphatic rings. The number of halogens is 1. The zero-order chi connectivity index (χ0) is 11.1. The molecule has 3 nitrogen and oxygen atoms in total. The second kappa shape index (κ2) is 4.33. The van der Waals surface area contributed by atoms with Gasteiger partial charge in [-0.25, -0.2) is 9.97 Å². The molecule has 5 heteroatoms. The summed E-state index contributed by atoms with van der Waals surface area (Å²) in [6.07, 6.45) is 5.02. The molecule has 86 valence electrons. The van der Waals surface area contributed by atoms with Crippen LogP contribution in [0.4, 0.5) is 5.82 Å². The Hall–Kier alpha value is -0.0400. The second-order valence-corrected chi connectivity index (χ2v) is 6.83. The first-order valence-electron chi connectivity index (χ1n) is 5.70. The summed E-state index contributed by atoms with van der Waals surface area (Å²) in [5, 5.41) is 0.483. The van der Waals surface area contributed by atoms with Crippen molar-refractivity contribution in [2.75, 3.05) is 11.5 Å². The van der Waals surface area contributed by atoms with Crippen LogP contribution in [0, 0.1) is 3.57 Å². The summed E-state index contributed by atoms with van der Waals surface area (Å²) in [7, 11) is 0. The number of nitrogen functional groups attached to an aromatic ring is 1. The maximum atomic E-state index is 5.99. The molecule has 1 saturated carbocycles. The van der Waals surface area contributed by atoms with E-state index in [9.17, 15) is 0 Å². The molecule has 0 radical (unpaired) electrons. The van der Waals surface area contributed by atoms with Gasteiger partial charge in [-0.15, -0.1) is 0 Å². The van der Waals surface area contributed by atoms with E-state index < -0.39 is 0 Å². The predicted octanol–water partition coefficient (Wildman–Crippen LogP) is 3.11. The van der Waals surface area contributed by atoms with Crippen molar-refractivity contribution in [2.45, 2.75) is 36.9 Å². The SMILES string of the molecule is Nc1nc(C2CCCS2)nc(C2CC2)c1I. The number of rotatable bonds is 2. The van der Waals surface area contributed by atoms with E-state index in [0.29, 0.717) is 17.0 Å². The molecule has 1 aliphatic carbocycles. The van der Waals surface area contributed by atoms with Crippen LogP contribution in [0.5, 0.6) is 0 Å². The Morgan fingerprint density at radius 1 is 1.25 bits per heavy atom. The van der Waals surface area contributed by atoms with Gasteiger partial charge >= 0.3 is 0 Å². The average Bonchev–Trinajstić information content (AvgIpc) is 2.96. The van der Waals surface area contributed by atoms with Crippen molar-refractivity contribution in [1.82, 2.24) is 9.97 Å². The van der Waals surface area contributed by atoms with E-state index in [-0.39, 0.29) is 0 Å². The Morgan fingerprint density at radius 3 is 2.69 bits per heavy atom. The third kappa shape index (κ3) is 2.03. The maximum Gasteiger partial charge on any atom is 0.144 e. The van der Waals surface area contributed by atoms with Gasteiger partial charge in [0.05, 0.1) is 14.5 Å². The summed E-state index contributed by atoms with van der Waals surface area (Å²) in [5.41, 5.74) is 7.19.